The Morgan fingerprint density at radius 1 is 1.29 bits per heavy atom. The fourth-order valence-corrected chi connectivity index (χ4v) is 3.75. The van der Waals surface area contributed by atoms with Gasteiger partial charge in [-0.1, -0.05) is 30.2 Å². The van der Waals surface area contributed by atoms with Crippen LogP contribution in [0.3, 0.4) is 0 Å². The number of aromatic amines is 1. The van der Waals surface area contributed by atoms with Crippen LogP contribution in [0.2, 0.25) is 5.02 Å². The van der Waals surface area contributed by atoms with E-state index in [-0.39, 0.29) is 23.2 Å². The number of anilines is 1. The average Bonchev–Trinajstić information content (AvgIpc) is 3.07. The molecule has 1 aliphatic heterocycles. The number of nitrogens with two attached hydrogens (primary N) is 1. The van der Waals surface area contributed by atoms with Crippen molar-refractivity contribution >= 4 is 29.2 Å². The monoisotopic (exact) mass is 404 g/mol. The number of nitrogens with one attached hydrogen (secondary N) is 1. The molecular formula is C20H25ClN4O3. The molecule has 0 saturated carbocycles. The zero-order valence-electron chi connectivity index (χ0n) is 15.9. The maximum atomic E-state index is 12.6. The molecule has 0 aliphatic carbocycles. The predicted molar refractivity (Wildman–Crippen MR) is 108 cm³/mol. The number of nitrogen functional groups attached to an aromatic ring is 1. The number of benzene rings is 1. The summed E-state index contributed by atoms with van der Waals surface area (Å²) in [5.74, 6) is -0.882. The van der Waals surface area contributed by atoms with E-state index in [0.717, 1.165) is 13.1 Å². The lowest BCUT2D eigenvalue weighted by molar-refractivity contribution is 0.0474. The van der Waals surface area contributed by atoms with Crippen LogP contribution >= 0.6 is 11.6 Å². The second-order valence-electron chi connectivity index (χ2n) is 7.09. The summed E-state index contributed by atoms with van der Waals surface area (Å²) in [4.78, 5) is 27.2. The van der Waals surface area contributed by atoms with E-state index in [1.54, 1.807) is 24.3 Å². The van der Waals surface area contributed by atoms with Crippen LogP contribution in [0.15, 0.2) is 24.3 Å². The summed E-state index contributed by atoms with van der Waals surface area (Å²) < 4.78 is 5.21. The van der Waals surface area contributed by atoms with Crippen LogP contribution in [0, 0.1) is 0 Å². The topological polar surface area (TPSA) is 101 Å². The standard InChI is InChI=1S/C20H25ClN4O3/c1-13(25-9-5-2-6-10-25)11-16-18(19(22)24-23-16)20(27)28-12-17(26)14-7-3-4-8-15(14)21/h3-4,7-8,13H,2,5-6,9-12H2,1H3,(H3,22,23,24)/t13-/m1/s1. The number of hydrogen-bond donors (Lipinski definition) is 2. The van der Waals surface area contributed by atoms with E-state index in [1.165, 1.54) is 19.3 Å². The predicted octanol–water partition coefficient (Wildman–Crippen LogP) is 3.10. The second-order valence-corrected chi connectivity index (χ2v) is 7.50. The third-order valence-electron chi connectivity index (χ3n) is 5.08. The van der Waals surface area contributed by atoms with Crippen molar-refractivity contribution in [3.8, 4) is 0 Å². The molecule has 1 saturated heterocycles. The summed E-state index contributed by atoms with van der Waals surface area (Å²) in [7, 11) is 0. The molecule has 1 aromatic carbocycles. The fourth-order valence-electron chi connectivity index (χ4n) is 3.51. The minimum atomic E-state index is -0.660. The molecule has 150 valence electrons. The third kappa shape index (κ3) is 4.72. The van der Waals surface area contributed by atoms with Crippen molar-refractivity contribution in [1.29, 1.82) is 0 Å². The quantitative estimate of drug-likeness (QED) is 0.543. The van der Waals surface area contributed by atoms with Gasteiger partial charge in [-0.3, -0.25) is 9.89 Å². The summed E-state index contributed by atoms with van der Waals surface area (Å²) in [6.07, 6.45) is 4.21. The summed E-state index contributed by atoms with van der Waals surface area (Å²) in [6, 6.07) is 6.88. The Hall–Kier alpha value is -2.38. The third-order valence-corrected chi connectivity index (χ3v) is 5.41. The lowest BCUT2D eigenvalue weighted by Gasteiger charge is -2.32. The highest BCUT2D eigenvalue weighted by molar-refractivity contribution is 6.34. The number of carbonyl (C=O) groups is 2. The number of carbonyl (C=O) groups excluding carboxylic acids is 2. The molecule has 8 heteroatoms. The van der Waals surface area contributed by atoms with Gasteiger partial charge < -0.3 is 15.4 Å². The molecule has 2 aromatic rings. The molecule has 7 nitrogen and oxygen atoms in total. The van der Waals surface area contributed by atoms with Crippen molar-refractivity contribution < 1.29 is 14.3 Å². The van der Waals surface area contributed by atoms with E-state index >= 15 is 0 Å². The number of nitrogens with zero attached hydrogens (tertiary/aromatic N) is 2. The summed E-state index contributed by atoms with van der Waals surface area (Å²) in [6.45, 7) is 3.81. The minimum Gasteiger partial charge on any atom is -0.454 e. The summed E-state index contributed by atoms with van der Waals surface area (Å²) in [5.41, 5.74) is 6.98. The molecule has 1 fully saturated rings. The van der Waals surface area contributed by atoms with Crippen LogP contribution in [0.1, 0.15) is 52.6 Å². The Bertz CT molecular complexity index is 846. The zero-order chi connectivity index (χ0) is 20.1. The maximum absolute atomic E-state index is 12.6. The molecule has 3 N–H and O–H groups in total. The van der Waals surface area contributed by atoms with Gasteiger partial charge in [0.15, 0.2) is 6.61 Å². The van der Waals surface area contributed by atoms with E-state index in [0.29, 0.717) is 22.7 Å². The minimum absolute atomic E-state index is 0.149. The molecule has 0 radical (unpaired) electrons. The van der Waals surface area contributed by atoms with Crippen molar-refractivity contribution in [2.45, 2.75) is 38.6 Å². The Morgan fingerprint density at radius 2 is 2.00 bits per heavy atom. The van der Waals surface area contributed by atoms with E-state index in [4.69, 9.17) is 22.1 Å². The number of ether oxygens (including phenoxy) is 1. The average molecular weight is 405 g/mol. The number of halogens is 1. The maximum Gasteiger partial charge on any atom is 0.344 e. The first-order chi connectivity index (χ1) is 13.5. The normalized spacial score (nSPS) is 15.9. The van der Waals surface area contributed by atoms with Crippen molar-refractivity contribution in [3.05, 3.63) is 46.1 Å². The first kappa shape index (κ1) is 20.4. The molecule has 1 aromatic heterocycles. The molecule has 2 heterocycles. The van der Waals surface area contributed by atoms with Gasteiger partial charge in [0, 0.05) is 18.0 Å². The second kappa shape index (κ2) is 9.21. The molecule has 0 amide bonds. The highest BCUT2D eigenvalue weighted by Crippen LogP contribution is 2.21. The molecule has 0 unspecified atom stereocenters. The van der Waals surface area contributed by atoms with Crippen LogP contribution in [-0.2, 0) is 11.2 Å². The lowest BCUT2D eigenvalue weighted by Crippen LogP contribution is -2.38. The van der Waals surface area contributed by atoms with Gasteiger partial charge in [0.05, 0.1) is 10.7 Å². The number of Topliss-reactive ketones (excluding diaryl/α,β-unsaturated/α-hetero) is 1. The van der Waals surface area contributed by atoms with Crippen LogP contribution in [0.25, 0.3) is 0 Å². The number of rotatable bonds is 7. The Kier molecular flexibility index (Phi) is 6.70. The number of H-pyrrole nitrogens is 1. The van der Waals surface area contributed by atoms with E-state index < -0.39 is 12.6 Å². The SMILES string of the molecule is C[C@H](Cc1n[nH]c(N)c1C(=O)OCC(=O)c1ccccc1Cl)N1CCCCC1. The highest BCUT2D eigenvalue weighted by atomic mass is 35.5. The molecule has 0 spiro atoms. The molecule has 3 rings (SSSR count). The van der Waals surface area contributed by atoms with Gasteiger partial charge in [-0.05, 0) is 45.0 Å². The van der Waals surface area contributed by atoms with Crippen LogP contribution in [-0.4, -0.2) is 52.6 Å². The van der Waals surface area contributed by atoms with Gasteiger partial charge in [0.2, 0.25) is 5.78 Å². The van der Waals surface area contributed by atoms with Gasteiger partial charge in [-0.15, -0.1) is 0 Å². The number of piperidine rings is 1. The van der Waals surface area contributed by atoms with E-state index in [9.17, 15) is 9.59 Å². The Balaban J connectivity index is 1.64. The lowest BCUT2D eigenvalue weighted by atomic mass is 10.0. The van der Waals surface area contributed by atoms with Gasteiger partial charge in [0.1, 0.15) is 11.4 Å². The molecule has 1 aliphatic rings. The van der Waals surface area contributed by atoms with Crippen molar-refractivity contribution in [1.82, 2.24) is 15.1 Å². The number of esters is 1. The summed E-state index contributed by atoms with van der Waals surface area (Å²) in [5, 5.41) is 7.17. The molecule has 0 bridgehead atoms. The molecule has 1 atom stereocenters. The van der Waals surface area contributed by atoms with Gasteiger partial charge >= 0.3 is 5.97 Å². The van der Waals surface area contributed by atoms with Gasteiger partial charge in [0.25, 0.3) is 0 Å². The van der Waals surface area contributed by atoms with E-state index in [2.05, 4.69) is 22.0 Å². The largest absolute Gasteiger partial charge is 0.454 e. The Morgan fingerprint density at radius 3 is 2.71 bits per heavy atom. The van der Waals surface area contributed by atoms with Crippen LogP contribution in [0.4, 0.5) is 5.82 Å². The molecule has 28 heavy (non-hydrogen) atoms. The number of hydrogen-bond acceptors (Lipinski definition) is 6. The van der Waals surface area contributed by atoms with Gasteiger partial charge in [-0.2, -0.15) is 5.10 Å². The first-order valence-corrected chi connectivity index (χ1v) is 9.86. The number of aromatic nitrogens is 2. The smallest absolute Gasteiger partial charge is 0.344 e. The van der Waals surface area contributed by atoms with Crippen LogP contribution < -0.4 is 5.73 Å². The van der Waals surface area contributed by atoms with E-state index in [1.807, 2.05) is 0 Å². The first-order valence-electron chi connectivity index (χ1n) is 9.49. The fraction of sp³-hybridized carbons (Fsp3) is 0.450. The van der Waals surface area contributed by atoms with Gasteiger partial charge in [-0.25, -0.2) is 4.79 Å². The van der Waals surface area contributed by atoms with Crippen molar-refractivity contribution in [3.63, 3.8) is 0 Å². The Labute approximate surface area is 169 Å². The summed E-state index contributed by atoms with van der Waals surface area (Å²) >= 11 is 6.01. The van der Waals surface area contributed by atoms with Crippen molar-refractivity contribution in [2.75, 3.05) is 25.4 Å². The van der Waals surface area contributed by atoms with Crippen LogP contribution in [0.5, 0.6) is 0 Å². The molecular weight excluding hydrogens is 380 g/mol. The number of likely N-dealkylation sites (tertiary alicyclic amines) is 1. The number of ketones is 1. The highest BCUT2D eigenvalue weighted by Gasteiger charge is 2.25. The zero-order valence-corrected chi connectivity index (χ0v) is 16.7. The van der Waals surface area contributed by atoms with Crippen molar-refractivity contribution in [2.24, 2.45) is 0 Å².